The van der Waals surface area contributed by atoms with Gasteiger partial charge >= 0.3 is 0 Å². The zero-order valence-corrected chi connectivity index (χ0v) is 14.7. The summed E-state index contributed by atoms with van der Waals surface area (Å²) in [6.45, 7) is 5.35. The van der Waals surface area contributed by atoms with E-state index in [-0.39, 0.29) is 5.60 Å². The van der Waals surface area contributed by atoms with Crippen molar-refractivity contribution in [2.24, 2.45) is 0 Å². The van der Waals surface area contributed by atoms with E-state index in [0.717, 1.165) is 23.4 Å². The molecule has 0 spiro atoms. The zero-order chi connectivity index (χ0) is 16.4. The maximum absolute atomic E-state index is 6.40. The first-order chi connectivity index (χ1) is 11.0. The van der Waals surface area contributed by atoms with Crippen LogP contribution in [0, 0.1) is 0 Å². The van der Waals surface area contributed by atoms with E-state index < -0.39 is 0 Å². The zero-order valence-electron chi connectivity index (χ0n) is 13.9. The molecule has 1 aliphatic heterocycles. The Morgan fingerprint density at radius 3 is 2.78 bits per heavy atom. The average molecular weight is 338 g/mol. The van der Waals surface area contributed by atoms with Crippen LogP contribution in [-0.2, 0) is 4.74 Å². The largest absolute Gasteiger partial charge is 0.492 e. The number of hydrogen-bond acceptors (Lipinski definition) is 4. The monoisotopic (exact) mass is 337 g/mol. The predicted octanol–water partition coefficient (Wildman–Crippen LogP) is 4.02. The molecule has 0 amide bonds. The Balaban J connectivity index is 1.82. The van der Waals surface area contributed by atoms with E-state index in [0.29, 0.717) is 30.0 Å². The highest BCUT2D eigenvalue weighted by Gasteiger charge is 2.31. The van der Waals surface area contributed by atoms with Crippen LogP contribution in [0.25, 0.3) is 5.70 Å². The second-order valence-electron chi connectivity index (χ2n) is 6.66. The summed E-state index contributed by atoms with van der Waals surface area (Å²) >= 11 is 6.40. The normalized spacial score (nSPS) is 18.7. The minimum absolute atomic E-state index is 0.356. The second kappa shape index (κ2) is 6.62. The first kappa shape index (κ1) is 16.5. The Kier molecular flexibility index (Phi) is 4.74. The molecule has 0 saturated heterocycles. The van der Waals surface area contributed by atoms with Crippen molar-refractivity contribution in [1.29, 1.82) is 0 Å². The maximum Gasteiger partial charge on any atom is 0.141 e. The van der Waals surface area contributed by atoms with Gasteiger partial charge in [0.05, 0.1) is 11.6 Å². The molecular weight excluding hydrogens is 314 g/mol. The Morgan fingerprint density at radius 2 is 2.09 bits per heavy atom. The number of nitrogens with one attached hydrogen (secondary N) is 1. The molecule has 1 aliphatic carbocycles. The Labute approximate surface area is 142 Å². The van der Waals surface area contributed by atoms with Crippen LogP contribution in [0.5, 0.6) is 11.5 Å². The number of benzene rings is 1. The fourth-order valence-electron chi connectivity index (χ4n) is 2.63. The van der Waals surface area contributed by atoms with Crippen molar-refractivity contribution in [2.45, 2.75) is 44.8 Å². The van der Waals surface area contributed by atoms with Gasteiger partial charge in [-0.25, -0.2) is 0 Å². The minimum Gasteiger partial charge on any atom is -0.492 e. The van der Waals surface area contributed by atoms with E-state index >= 15 is 0 Å². The van der Waals surface area contributed by atoms with Gasteiger partial charge in [0, 0.05) is 43.5 Å². The molecule has 1 heterocycles. The molecule has 126 valence electrons. The fraction of sp³-hybridized carbons (Fsp3) is 0.556. The number of hydrogen-bond donors (Lipinski definition) is 1. The van der Waals surface area contributed by atoms with Gasteiger partial charge in [-0.1, -0.05) is 11.6 Å². The standard InChI is InChI=1S/C18H24ClNO3/c1-18(2)11-15(20-12-5-6-12)13-9-14(19)17(10-16(13)23-18)22-8-4-7-21-3/h9-12,20H,4-8H2,1-3H3. The molecule has 0 radical (unpaired) electrons. The maximum atomic E-state index is 6.40. The number of methoxy groups -OCH3 is 1. The lowest BCUT2D eigenvalue weighted by Crippen LogP contribution is -2.32. The summed E-state index contributed by atoms with van der Waals surface area (Å²) in [4.78, 5) is 0. The SMILES string of the molecule is COCCCOc1cc2c(cc1Cl)C(NC1CC1)=CC(C)(C)O2. The molecule has 2 aliphatic rings. The summed E-state index contributed by atoms with van der Waals surface area (Å²) in [6, 6.07) is 4.40. The highest BCUT2D eigenvalue weighted by molar-refractivity contribution is 6.32. The molecule has 1 fully saturated rings. The van der Waals surface area contributed by atoms with Gasteiger partial charge in [0.25, 0.3) is 0 Å². The molecule has 1 aromatic carbocycles. The van der Waals surface area contributed by atoms with E-state index in [9.17, 15) is 0 Å². The van der Waals surface area contributed by atoms with Gasteiger partial charge in [-0.3, -0.25) is 0 Å². The van der Waals surface area contributed by atoms with Gasteiger partial charge in [-0.05, 0) is 38.8 Å². The van der Waals surface area contributed by atoms with Crippen LogP contribution < -0.4 is 14.8 Å². The quantitative estimate of drug-likeness (QED) is 0.763. The van der Waals surface area contributed by atoms with Crippen LogP contribution >= 0.6 is 11.6 Å². The van der Waals surface area contributed by atoms with Crippen LogP contribution in [0.1, 0.15) is 38.7 Å². The fourth-order valence-corrected chi connectivity index (χ4v) is 2.85. The van der Waals surface area contributed by atoms with Crippen molar-refractivity contribution in [1.82, 2.24) is 5.32 Å². The third-order valence-electron chi connectivity index (χ3n) is 3.88. The molecule has 4 nitrogen and oxygen atoms in total. The predicted molar refractivity (Wildman–Crippen MR) is 92.3 cm³/mol. The molecule has 23 heavy (non-hydrogen) atoms. The van der Waals surface area contributed by atoms with Gasteiger partial charge in [0.2, 0.25) is 0 Å². The molecule has 5 heteroatoms. The minimum atomic E-state index is -0.356. The first-order valence-corrected chi connectivity index (χ1v) is 8.50. The first-order valence-electron chi connectivity index (χ1n) is 8.12. The van der Waals surface area contributed by atoms with Crippen LogP contribution in [0.3, 0.4) is 0 Å². The van der Waals surface area contributed by atoms with E-state index in [1.54, 1.807) is 7.11 Å². The molecule has 0 aromatic heterocycles. The third-order valence-corrected chi connectivity index (χ3v) is 4.17. The van der Waals surface area contributed by atoms with Crippen molar-refractivity contribution in [3.63, 3.8) is 0 Å². The lowest BCUT2D eigenvalue weighted by atomic mass is 9.99. The second-order valence-corrected chi connectivity index (χ2v) is 7.06. The Morgan fingerprint density at radius 1 is 1.30 bits per heavy atom. The summed E-state index contributed by atoms with van der Waals surface area (Å²) in [5.41, 5.74) is 1.75. The van der Waals surface area contributed by atoms with Gasteiger partial charge in [-0.2, -0.15) is 0 Å². The van der Waals surface area contributed by atoms with E-state index in [1.165, 1.54) is 12.8 Å². The van der Waals surface area contributed by atoms with Crippen molar-refractivity contribution in [2.75, 3.05) is 20.3 Å². The lowest BCUT2D eigenvalue weighted by molar-refractivity contribution is 0.155. The summed E-state index contributed by atoms with van der Waals surface area (Å²) in [7, 11) is 1.68. The van der Waals surface area contributed by atoms with E-state index in [1.807, 2.05) is 12.1 Å². The van der Waals surface area contributed by atoms with Crippen LogP contribution in [0.15, 0.2) is 18.2 Å². The summed E-state index contributed by atoms with van der Waals surface area (Å²) in [6.07, 6.45) is 5.40. The number of halogens is 1. The van der Waals surface area contributed by atoms with Crippen molar-refractivity contribution in [3.8, 4) is 11.5 Å². The molecule has 1 aromatic rings. The van der Waals surface area contributed by atoms with Crippen molar-refractivity contribution < 1.29 is 14.2 Å². The lowest BCUT2D eigenvalue weighted by Gasteiger charge is -2.32. The molecule has 1 N–H and O–H groups in total. The van der Waals surface area contributed by atoms with Gasteiger partial charge in [-0.15, -0.1) is 0 Å². The highest BCUT2D eigenvalue weighted by Crippen LogP contribution is 2.41. The summed E-state index contributed by atoms with van der Waals surface area (Å²) < 4.78 is 16.9. The molecule has 3 rings (SSSR count). The molecular formula is C18H24ClNO3. The molecule has 0 atom stereocenters. The summed E-state index contributed by atoms with van der Waals surface area (Å²) in [5, 5.41) is 4.18. The van der Waals surface area contributed by atoms with E-state index in [4.69, 9.17) is 25.8 Å². The van der Waals surface area contributed by atoms with Crippen LogP contribution in [-0.4, -0.2) is 32.0 Å². The van der Waals surface area contributed by atoms with Gasteiger partial charge < -0.3 is 19.5 Å². The van der Waals surface area contributed by atoms with Crippen molar-refractivity contribution in [3.05, 3.63) is 28.8 Å². The number of fused-ring (bicyclic) bond motifs is 1. The molecule has 0 unspecified atom stereocenters. The molecule has 0 bridgehead atoms. The molecule has 1 saturated carbocycles. The van der Waals surface area contributed by atoms with Crippen LogP contribution in [0.4, 0.5) is 0 Å². The Bertz CT molecular complexity index is 609. The number of rotatable bonds is 7. The number of ether oxygens (including phenoxy) is 3. The smallest absolute Gasteiger partial charge is 0.141 e. The topological polar surface area (TPSA) is 39.7 Å². The van der Waals surface area contributed by atoms with Crippen molar-refractivity contribution >= 4 is 17.3 Å². The third kappa shape index (κ3) is 4.12. The van der Waals surface area contributed by atoms with Gasteiger partial charge in [0.1, 0.15) is 17.1 Å². The highest BCUT2D eigenvalue weighted by atomic mass is 35.5. The average Bonchev–Trinajstić information content (AvgIpc) is 3.28. The summed E-state index contributed by atoms with van der Waals surface area (Å²) in [5.74, 6) is 1.47. The van der Waals surface area contributed by atoms with Gasteiger partial charge in [0.15, 0.2) is 0 Å². The van der Waals surface area contributed by atoms with Crippen LogP contribution in [0.2, 0.25) is 5.02 Å². The Hall–Kier alpha value is -1.39. The van der Waals surface area contributed by atoms with E-state index in [2.05, 4.69) is 25.2 Å².